The average Bonchev–Trinajstić information content (AvgIpc) is 2.53. The van der Waals surface area contributed by atoms with Gasteiger partial charge in [0, 0.05) is 5.54 Å². The van der Waals surface area contributed by atoms with Gasteiger partial charge in [0.25, 0.3) is 5.91 Å². The van der Waals surface area contributed by atoms with Crippen molar-refractivity contribution in [2.24, 2.45) is 0 Å². The zero-order valence-electron chi connectivity index (χ0n) is 15.2. The average molecular weight is 372 g/mol. The Morgan fingerprint density at radius 2 is 1.80 bits per heavy atom. The molecule has 1 fully saturated rings. The maximum absolute atomic E-state index is 13.8. The molecule has 0 spiro atoms. The van der Waals surface area contributed by atoms with E-state index in [1.807, 2.05) is 27.7 Å². The van der Waals surface area contributed by atoms with Crippen LogP contribution in [0.2, 0.25) is 0 Å². The molecule has 0 aliphatic carbocycles. The zero-order valence-corrected chi connectivity index (χ0v) is 16.0. The van der Waals surface area contributed by atoms with Crippen LogP contribution in [-0.2, 0) is 14.8 Å². The number of carbonyl (C=O) groups is 1. The minimum atomic E-state index is -3.85. The van der Waals surface area contributed by atoms with Crippen molar-refractivity contribution < 1.29 is 22.5 Å². The third-order valence-corrected chi connectivity index (χ3v) is 6.25. The highest BCUT2D eigenvalue weighted by atomic mass is 32.2. The second-order valence-electron chi connectivity index (χ2n) is 7.45. The highest BCUT2D eigenvalue weighted by Crippen LogP contribution is 2.18. The first-order valence-electron chi connectivity index (χ1n) is 8.43. The van der Waals surface area contributed by atoms with E-state index in [4.69, 9.17) is 0 Å². The van der Waals surface area contributed by atoms with Crippen molar-refractivity contribution >= 4 is 15.9 Å². The molecule has 1 aromatic carbocycles. The smallest absolute Gasteiger partial charge is 0.278 e. The van der Waals surface area contributed by atoms with E-state index in [0.29, 0.717) is 13.1 Å². The van der Waals surface area contributed by atoms with Crippen LogP contribution in [0, 0.1) is 5.82 Å². The van der Waals surface area contributed by atoms with Gasteiger partial charge in [0.15, 0.2) is 6.04 Å². The lowest BCUT2D eigenvalue weighted by molar-refractivity contribution is -0.917. The lowest BCUT2D eigenvalue weighted by Crippen LogP contribution is -3.19. The summed E-state index contributed by atoms with van der Waals surface area (Å²) in [6.45, 7) is 9.15. The Morgan fingerprint density at radius 1 is 1.24 bits per heavy atom. The highest BCUT2D eigenvalue weighted by Gasteiger charge is 2.36. The Kier molecular flexibility index (Phi) is 5.86. The van der Waals surface area contributed by atoms with Gasteiger partial charge in [-0.1, -0.05) is 12.1 Å². The van der Waals surface area contributed by atoms with Crippen LogP contribution in [-0.4, -0.2) is 56.4 Å². The fraction of sp³-hybridized carbons (Fsp3) is 0.588. The number of nitrogens with one attached hydrogen (secondary N) is 2. The molecule has 0 bridgehead atoms. The van der Waals surface area contributed by atoms with Gasteiger partial charge in [-0.25, -0.2) is 12.8 Å². The van der Waals surface area contributed by atoms with Gasteiger partial charge in [-0.15, -0.1) is 0 Å². The lowest BCUT2D eigenvalue weighted by atomic mass is 10.1. The minimum Gasteiger partial charge on any atom is -0.346 e. The number of sulfonamides is 1. The maximum atomic E-state index is 13.8. The number of amides is 1. The number of carbonyl (C=O) groups excluding carboxylic acids is 1. The van der Waals surface area contributed by atoms with Crippen molar-refractivity contribution in [1.29, 1.82) is 0 Å². The molecule has 0 aromatic heterocycles. The van der Waals surface area contributed by atoms with Crippen LogP contribution in [0.15, 0.2) is 29.2 Å². The number of hydrogen-bond donors (Lipinski definition) is 2. The van der Waals surface area contributed by atoms with Gasteiger partial charge in [0.2, 0.25) is 10.0 Å². The van der Waals surface area contributed by atoms with Gasteiger partial charge in [-0.3, -0.25) is 4.79 Å². The number of quaternary nitrogens is 1. The Balaban J connectivity index is 2.02. The van der Waals surface area contributed by atoms with Crippen molar-refractivity contribution in [3.8, 4) is 0 Å². The van der Waals surface area contributed by atoms with E-state index < -0.39 is 15.8 Å². The number of nitrogens with zero attached hydrogens (tertiary/aromatic N) is 1. The van der Waals surface area contributed by atoms with E-state index in [-0.39, 0.29) is 35.5 Å². The minimum absolute atomic E-state index is 0.0482. The Labute approximate surface area is 149 Å². The van der Waals surface area contributed by atoms with E-state index in [1.54, 1.807) is 0 Å². The fourth-order valence-electron chi connectivity index (χ4n) is 2.90. The second-order valence-corrected chi connectivity index (χ2v) is 9.36. The molecule has 2 N–H and O–H groups in total. The van der Waals surface area contributed by atoms with Crippen LogP contribution in [0.1, 0.15) is 27.7 Å². The summed E-state index contributed by atoms with van der Waals surface area (Å²) in [6, 6.07) is 5.14. The molecule has 1 amide bonds. The molecule has 1 saturated heterocycles. The molecular formula is C17H27FN3O3S+. The molecule has 0 saturated carbocycles. The van der Waals surface area contributed by atoms with Crippen molar-refractivity contribution in [3.63, 3.8) is 0 Å². The third kappa shape index (κ3) is 4.77. The summed E-state index contributed by atoms with van der Waals surface area (Å²) >= 11 is 0. The Hall–Kier alpha value is -1.51. The zero-order chi connectivity index (χ0) is 18.8. The Morgan fingerprint density at radius 3 is 2.32 bits per heavy atom. The van der Waals surface area contributed by atoms with Crippen LogP contribution in [0.4, 0.5) is 4.39 Å². The summed E-state index contributed by atoms with van der Waals surface area (Å²) in [5.74, 6) is -0.789. The summed E-state index contributed by atoms with van der Waals surface area (Å²) in [7, 11) is -3.85. The predicted molar refractivity (Wildman–Crippen MR) is 93.2 cm³/mol. The first-order valence-corrected chi connectivity index (χ1v) is 9.87. The molecule has 6 nitrogen and oxygen atoms in total. The van der Waals surface area contributed by atoms with Gasteiger partial charge < -0.3 is 10.2 Å². The number of halogens is 1. The number of hydrogen-bond acceptors (Lipinski definition) is 3. The van der Waals surface area contributed by atoms with Crippen LogP contribution in [0.3, 0.4) is 0 Å². The molecule has 0 unspecified atom stereocenters. The summed E-state index contributed by atoms with van der Waals surface area (Å²) in [5, 5.41) is 2.95. The van der Waals surface area contributed by atoms with E-state index in [2.05, 4.69) is 5.32 Å². The molecule has 0 radical (unpaired) electrons. The standard InChI is InChI=1S/C17H26FN3O3S/c1-13(16(22)19-17(2,3)4)20-9-11-21(12-10-20)25(23,24)15-8-6-5-7-14(15)18/h5-8,13H,9-12H2,1-4H3,(H,19,22)/p+1/t13-/m1/s1. The van der Waals surface area contributed by atoms with Crippen molar-refractivity contribution in [1.82, 2.24) is 9.62 Å². The monoisotopic (exact) mass is 372 g/mol. The number of piperazine rings is 1. The van der Waals surface area contributed by atoms with Crippen LogP contribution >= 0.6 is 0 Å². The summed E-state index contributed by atoms with van der Waals surface area (Å²) in [4.78, 5) is 13.0. The molecule has 1 aromatic rings. The normalized spacial score (nSPS) is 18.8. The molecule has 1 aliphatic rings. The van der Waals surface area contributed by atoms with Crippen LogP contribution < -0.4 is 10.2 Å². The van der Waals surface area contributed by atoms with E-state index in [0.717, 1.165) is 11.0 Å². The topological polar surface area (TPSA) is 70.9 Å². The summed E-state index contributed by atoms with van der Waals surface area (Å²) in [5.41, 5.74) is -0.305. The Bertz CT molecular complexity index is 723. The number of rotatable bonds is 4. The van der Waals surface area contributed by atoms with Gasteiger partial charge >= 0.3 is 0 Å². The molecule has 1 atom stereocenters. The van der Waals surface area contributed by atoms with Gasteiger partial charge in [-0.05, 0) is 39.8 Å². The van der Waals surface area contributed by atoms with E-state index in [1.165, 1.54) is 22.5 Å². The first-order chi connectivity index (χ1) is 11.5. The first kappa shape index (κ1) is 19.8. The van der Waals surface area contributed by atoms with E-state index in [9.17, 15) is 17.6 Å². The third-order valence-electron chi connectivity index (χ3n) is 4.32. The van der Waals surface area contributed by atoms with Crippen molar-refractivity contribution in [2.45, 2.75) is 44.2 Å². The molecule has 1 aliphatic heterocycles. The summed E-state index contributed by atoms with van der Waals surface area (Å²) in [6.07, 6.45) is 0. The van der Waals surface area contributed by atoms with Gasteiger partial charge in [0.1, 0.15) is 10.7 Å². The summed E-state index contributed by atoms with van der Waals surface area (Å²) < 4.78 is 40.3. The molecule has 140 valence electrons. The lowest BCUT2D eigenvalue weighted by Gasteiger charge is -2.35. The predicted octanol–water partition coefficient (Wildman–Crippen LogP) is 0.0181. The molecule has 2 rings (SSSR count). The van der Waals surface area contributed by atoms with Crippen molar-refractivity contribution in [3.05, 3.63) is 30.1 Å². The molecule has 25 heavy (non-hydrogen) atoms. The maximum Gasteiger partial charge on any atom is 0.278 e. The highest BCUT2D eigenvalue weighted by molar-refractivity contribution is 7.89. The quantitative estimate of drug-likeness (QED) is 0.783. The number of benzene rings is 1. The van der Waals surface area contributed by atoms with E-state index >= 15 is 0 Å². The van der Waals surface area contributed by atoms with Crippen LogP contribution in [0.25, 0.3) is 0 Å². The molecule has 1 heterocycles. The SMILES string of the molecule is C[C@H](C(=O)NC(C)(C)C)[NH+]1CCN(S(=O)(=O)c2ccccc2F)CC1. The van der Waals surface area contributed by atoms with Gasteiger partial charge in [0.05, 0.1) is 26.2 Å². The van der Waals surface area contributed by atoms with Crippen LogP contribution in [0.5, 0.6) is 0 Å². The van der Waals surface area contributed by atoms with Crippen molar-refractivity contribution in [2.75, 3.05) is 26.2 Å². The molecule has 8 heteroatoms. The second kappa shape index (κ2) is 7.39. The fourth-order valence-corrected chi connectivity index (χ4v) is 4.41. The molecular weight excluding hydrogens is 345 g/mol. The van der Waals surface area contributed by atoms with Gasteiger partial charge in [-0.2, -0.15) is 4.31 Å². The largest absolute Gasteiger partial charge is 0.346 e.